The Hall–Kier alpha value is -2.85. The molecule has 2 atom stereocenters. The Morgan fingerprint density at radius 3 is 2.26 bits per heavy atom. The summed E-state index contributed by atoms with van der Waals surface area (Å²) >= 11 is 0. The lowest BCUT2D eigenvalue weighted by molar-refractivity contribution is -0.161. The molecule has 5 rings (SSSR count). The van der Waals surface area contributed by atoms with Gasteiger partial charge in [-0.15, -0.1) is 0 Å². The number of urea groups is 1. The molecule has 3 heterocycles. The number of rotatable bonds is 4. The summed E-state index contributed by atoms with van der Waals surface area (Å²) in [4.78, 5) is 30.2. The summed E-state index contributed by atoms with van der Waals surface area (Å²) in [5, 5.41) is 8.52. The zero-order valence-corrected chi connectivity index (χ0v) is 20.6. The molecule has 35 heavy (non-hydrogen) atoms. The maximum atomic E-state index is 13.6. The van der Waals surface area contributed by atoms with Crippen LogP contribution in [0.15, 0.2) is 23.3 Å². The van der Waals surface area contributed by atoms with Gasteiger partial charge in [-0.3, -0.25) is 4.79 Å². The smallest absolute Gasteiger partial charge is 0.320 e. The molecule has 3 aliphatic heterocycles. The molecule has 3 fully saturated rings. The number of carbonyl (C=O) groups excluding carboxylic acids is 2. The van der Waals surface area contributed by atoms with Gasteiger partial charge in [0.25, 0.3) is 5.91 Å². The minimum atomic E-state index is -0.0719. The Bertz CT molecular complexity index is 971. The highest BCUT2D eigenvalue weighted by atomic mass is 16.5. The van der Waals surface area contributed by atoms with E-state index in [1.54, 1.807) is 19.3 Å². The topological polar surface area (TPSA) is 87.2 Å². The van der Waals surface area contributed by atoms with Crippen LogP contribution >= 0.6 is 0 Å². The van der Waals surface area contributed by atoms with Gasteiger partial charge in [0.15, 0.2) is 11.5 Å². The van der Waals surface area contributed by atoms with Gasteiger partial charge >= 0.3 is 6.03 Å². The fraction of sp³-hybridized carbons (Fsp3) is 0.640. The second kappa shape index (κ2) is 10.4. The second-order valence-electron chi connectivity index (χ2n) is 9.50. The molecule has 0 radical (unpaired) electrons. The van der Waals surface area contributed by atoms with Crippen LogP contribution in [-0.4, -0.2) is 104 Å². The number of hydrazone groups is 1. The van der Waals surface area contributed by atoms with E-state index < -0.39 is 0 Å². The van der Waals surface area contributed by atoms with Crippen molar-refractivity contribution in [1.29, 1.82) is 0 Å². The molecule has 1 aromatic rings. The summed E-state index contributed by atoms with van der Waals surface area (Å²) in [6.07, 6.45) is 3.99. The average Bonchev–Trinajstić information content (AvgIpc) is 2.93. The number of hydrogen-bond donors (Lipinski definition) is 0. The minimum absolute atomic E-state index is 0.0554. The lowest BCUT2D eigenvalue weighted by Crippen LogP contribution is -2.60. The largest absolute Gasteiger partial charge is 0.493 e. The Morgan fingerprint density at radius 2 is 1.57 bits per heavy atom. The van der Waals surface area contributed by atoms with Crippen LogP contribution in [0.5, 0.6) is 11.5 Å². The van der Waals surface area contributed by atoms with Crippen molar-refractivity contribution in [3.63, 3.8) is 0 Å². The van der Waals surface area contributed by atoms with Crippen LogP contribution in [0.4, 0.5) is 4.79 Å². The third-order valence-electron chi connectivity index (χ3n) is 7.59. The molecule has 190 valence electrons. The van der Waals surface area contributed by atoms with Gasteiger partial charge in [0.2, 0.25) is 0 Å². The van der Waals surface area contributed by atoms with Gasteiger partial charge in [-0.05, 0) is 31.0 Å². The number of hydrogen-bond acceptors (Lipinski definition) is 7. The zero-order chi connectivity index (χ0) is 24.4. The van der Waals surface area contributed by atoms with Crippen molar-refractivity contribution in [1.82, 2.24) is 19.9 Å². The first-order valence-electron chi connectivity index (χ1n) is 12.6. The van der Waals surface area contributed by atoms with Crippen molar-refractivity contribution < 1.29 is 23.8 Å². The fourth-order valence-corrected chi connectivity index (χ4v) is 5.63. The van der Waals surface area contributed by atoms with Crippen LogP contribution in [0.1, 0.15) is 31.2 Å². The Morgan fingerprint density at radius 1 is 0.914 bits per heavy atom. The van der Waals surface area contributed by atoms with Gasteiger partial charge in [-0.1, -0.05) is 12.8 Å². The number of carbonyl (C=O) groups is 2. The molecule has 1 aromatic carbocycles. The summed E-state index contributed by atoms with van der Waals surface area (Å²) in [6, 6.07) is 5.90. The van der Waals surface area contributed by atoms with Gasteiger partial charge in [0.1, 0.15) is 0 Å². The van der Waals surface area contributed by atoms with Crippen molar-refractivity contribution >= 4 is 17.6 Å². The number of morpholine rings is 1. The van der Waals surface area contributed by atoms with Crippen LogP contribution in [0.2, 0.25) is 0 Å². The predicted octanol–water partition coefficient (Wildman–Crippen LogP) is 2.04. The van der Waals surface area contributed by atoms with Gasteiger partial charge in [0, 0.05) is 56.7 Å². The molecular formula is C25H35N5O5. The van der Waals surface area contributed by atoms with E-state index >= 15 is 0 Å². The Kier molecular flexibility index (Phi) is 7.10. The first kappa shape index (κ1) is 23.9. The van der Waals surface area contributed by atoms with Crippen LogP contribution in [0, 0.1) is 11.8 Å². The molecule has 2 unspecified atom stereocenters. The number of benzene rings is 1. The number of methoxy groups -OCH3 is 2. The molecule has 1 aliphatic carbocycles. The van der Waals surface area contributed by atoms with E-state index in [1.165, 1.54) is 0 Å². The minimum Gasteiger partial charge on any atom is -0.493 e. The molecule has 2 saturated heterocycles. The molecule has 3 amide bonds. The van der Waals surface area contributed by atoms with Gasteiger partial charge in [0.05, 0.1) is 33.1 Å². The van der Waals surface area contributed by atoms with E-state index in [0.717, 1.165) is 37.0 Å². The van der Waals surface area contributed by atoms with Crippen molar-refractivity contribution in [2.75, 3.05) is 66.7 Å². The zero-order valence-electron chi connectivity index (χ0n) is 20.6. The van der Waals surface area contributed by atoms with Crippen molar-refractivity contribution in [2.24, 2.45) is 16.9 Å². The Balaban J connectivity index is 1.36. The molecule has 0 aromatic heterocycles. The summed E-state index contributed by atoms with van der Waals surface area (Å²) in [5.74, 6) is 1.43. The third kappa shape index (κ3) is 4.69. The first-order chi connectivity index (χ1) is 17.1. The fourth-order valence-electron chi connectivity index (χ4n) is 5.63. The van der Waals surface area contributed by atoms with E-state index in [0.29, 0.717) is 64.0 Å². The number of amides is 3. The number of fused-ring (bicyclic) bond motifs is 1. The van der Waals surface area contributed by atoms with Gasteiger partial charge in [-0.2, -0.15) is 15.2 Å². The molecule has 10 heteroatoms. The molecule has 0 spiro atoms. The summed E-state index contributed by atoms with van der Waals surface area (Å²) in [6.45, 7) is 4.71. The molecular weight excluding hydrogens is 450 g/mol. The van der Waals surface area contributed by atoms with E-state index in [9.17, 15) is 9.59 Å². The van der Waals surface area contributed by atoms with Gasteiger partial charge in [-0.25, -0.2) is 4.79 Å². The standard InChI is InChI=1S/C25H35N5O5/c1-33-21-8-7-18(17-22(21)34-2)23-19-5-3-4-6-20(19)24(31)30(26-23)29-11-9-27(10-12-29)25(32)28-13-15-35-16-14-28/h7-8,17,19-20H,3-6,9-16H2,1-2H3. The highest BCUT2D eigenvalue weighted by molar-refractivity contribution is 6.07. The summed E-state index contributed by atoms with van der Waals surface area (Å²) < 4.78 is 16.3. The lowest BCUT2D eigenvalue weighted by atomic mass is 9.73. The maximum Gasteiger partial charge on any atom is 0.320 e. The normalized spacial score (nSPS) is 25.7. The second-order valence-corrected chi connectivity index (χ2v) is 9.50. The SMILES string of the molecule is COc1ccc(C2=NN(N3CCN(C(=O)N4CCOCC4)CC3)C(=O)C3CCCCC23)cc1OC. The van der Waals surface area contributed by atoms with E-state index in [-0.39, 0.29) is 23.8 Å². The quantitative estimate of drug-likeness (QED) is 0.649. The lowest BCUT2D eigenvalue weighted by Gasteiger charge is -2.45. The highest BCUT2D eigenvalue weighted by Crippen LogP contribution is 2.39. The van der Waals surface area contributed by atoms with Crippen molar-refractivity contribution in [2.45, 2.75) is 25.7 Å². The van der Waals surface area contributed by atoms with Crippen molar-refractivity contribution in [3.05, 3.63) is 23.8 Å². The summed E-state index contributed by atoms with van der Waals surface area (Å²) in [7, 11) is 3.25. The van der Waals surface area contributed by atoms with Crippen LogP contribution in [0.25, 0.3) is 0 Å². The highest BCUT2D eigenvalue weighted by Gasteiger charge is 2.44. The van der Waals surface area contributed by atoms with E-state index in [2.05, 4.69) is 0 Å². The molecule has 1 saturated carbocycles. The Labute approximate surface area is 206 Å². The van der Waals surface area contributed by atoms with Crippen molar-refractivity contribution in [3.8, 4) is 11.5 Å². The van der Waals surface area contributed by atoms with Crippen LogP contribution in [0.3, 0.4) is 0 Å². The number of nitrogens with zero attached hydrogens (tertiary/aromatic N) is 5. The monoisotopic (exact) mass is 485 g/mol. The van der Waals surface area contributed by atoms with E-state index in [1.807, 2.05) is 33.0 Å². The predicted molar refractivity (Wildman–Crippen MR) is 129 cm³/mol. The van der Waals surface area contributed by atoms with Crippen LogP contribution in [-0.2, 0) is 9.53 Å². The van der Waals surface area contributed by atoms with Crippen LogP contribution < -0.4 is 9.47 Å². The molecule has 0 N–H and O–H groups in total. The summed E-state index contributed by atoms with van der Waals surface area (Å²) in [5.41, 5.74) is 1.89. The number of piperazine rings is 1. The molecule has 10 nitrogen and oxygen atoms in total. The van der Waals surface area contributed by atoms with Gasteiger partial charge < -0.3 is 24.0 Å². The molecule has 0 bridgehead atoms. The third-order valence-corrected chi connectivity index (χ3v) is 7.59. The average molecular weight is 486 g/mol. The first-order valence-corrected chi connectivity index (χ1v) is 12.6. The number of ether oxygens (including phenoxy) is 3. The molecule has 4 aliphatic rings. The number of hydrazine groups is 1. The van der Waals surface area contributed by atoms with E-state index in [4.69, 9.17) is 19.3 Å². The maximum absolute atomic E-state index is 13.6.